The molecule has 104 valence electrons. The number of nitrogens with one attached hydrogen (secondary N) is 1. The van der Waals surface area contributed by atoms with Crippen LogP contribution in [0.4, 0.5) is 0 Å². The van der Waals surface area contributed by atoms with Crippen LogP contribution in [-0.2, 0) is 4.79 Å². The van der Waals surface area contributed by atoms with E-state index in [1.165, 1.54) is 5.56 Å². The summed E-state index contributed by atoms with van der Waals surface area (Å²) in [6, 6.07) is 10.6. The van der Waals surface area contributed by atoms with Crippen molar-refractivity contribution in [2.45, 2.75) is 57.0 Å². The van der Waals surface area contributed by atoms with Gasteiger partial charge < -0.3 is 11.1 Å². The second kappa shape index (κ2) is 6.71. The fraction of sp³-hybridized carbons (Fsp3) is 0.562. The van der Waals surface area contributed by atoms with Gasteiger partial charge in [0.25, 0.3) is 0 Å². The molecular formula is C16H24N2O. The fourth-order valence-corrected chi connectivity index (χ4v) is 2.79. The Morgan fingerprint density at radius 1 is 1.26 bits per heavy atom. The van der Waals surface area contributed by atoms with Gasteiger partial charge >= 0.3 is 0 Å². The van der Waals surface area contributed by atoms with E-state index in [2.05, 4.69) is 35.6 Å². The first-order chi connectivity index (χ1) is 9.20. The van der Waals surface area contributed by atoms with E-state index in [0.717, 1.165) is 25.7 Å². The maximum absolute atomic E-state index is 11.8. The third-order valence-electron chi connectivity index (χ3n) is 4.12. The summed E-state index contributed by atoms with van der Waals surface area (Å²) in [4.78, 5) is 11.8. The maximum Gasteiger partial charge on any atom is 0.237 e. The number of hydrogen-bond acceptors (Lipinski definition) is 2. The van der Waals surface area contributed by atoms with Gasteiger partial charge in [0.15, 0.2) is 0 Å². The van der Waals surface area contributed by atoms with E-state index in [1.54, 1.807) is 0 Å². The van der Waals surface area contributed by atoms with Crippen molar-refractivity contribution in [1.29, 1.82) is 0 Å². The molecule has 2 rings (SSSR count). The van der Waals surface area contributed by atoms with Gasteiger partial charge in [-0.05, 0) is 43.6 Å². The van der Waals surface area contributed by atoms with E-state index in [1.807, 2.05) is 6.92 Å². The largest absolute Gasteiger partial charge is 0.352 e. The highest BCUT2D eigenvalue weighted by Gasteiger charge is 2.24. The average Bonchev–Trinajstić information content (AvgIpc) is 2.48. The maximum atomic E-state index is 11.8. The van der Waals surface area contributed by atoms with E-state index in [9.17, 15) is 4.79 Å². The van der Waals surface area contributed by atoms with Gasteiger partial charge in [-0.2, -0.15) is 0 Å². The van der Waals surface area contributed by atoms with Gasteiger partial charge in [0, 0.05) is 6.04 Å². The molecule has 0 aromatic heterocycles. The van der Waals surface area contributed by atoms with Crippen molar-refractivity contribution in [3.8, 4) is 0 Å². The number of benzene rings is 1. The summed E-state index contributed by atoms with van der Waals surface area (Å²) in [6.45, 7) is 1.94. The number of amides is 1. The molecule has 0 radical (unpaired) electrons. The zero-order chi connectivity index (χ0) is 13.7. The molecule has 0 spiro atoms. The zero-order valence-electron chi connectivity index (χ0n) is 11.6. The van der Waals surface area contributed by atoms with Gasteiger partial charge in [-0.15, -0.1) is 0 Å². The molecule has 0 bridgehead atoms. The number of carbonyl (C=O) groups excluding carboxylic acids is 1. The Bertz CT molecular complexity index is 396. The molecule has 1 aliphatic rings. The van der Waals surface area contributed by atoms with Crippen LogP contribution in [0.5, 0.6) is 0 Å². The minimum Gasteiger partial charge on any atom is -0.352 e. The van der Waals surface area contributed by atoms with Gasteiger partial charge in [-0.1, -0.05) is 37.3 Å². The predicted octanol–water partition coefficient (Wildman–Crippen LogP) is 2.57. The molecule has 3 nitrogen and oxygen atoms in total. The molecule has 1 fully saturated rings. The van der Waals surface area contributed by atoms with Gasteiger partial charge in [0.05, 0.1) is 6.04 Å². The quantitative estimate of drug-likeness (QED) is 0.874. The summed E-state index contributed by atoms with van der Waals surface area (Å²) in [5.74, 6) is 0.653. The van der Waals surface area contributed by atoms with Gasteiger partial charge in [-0.25, -0.2) is 0 Å². The second-order valence-corrected chi connectivity index (χ2v) is 5.48. The fourth-order valence-electron chi connectivity index (χ4n) is 2.79. The van der Waals surface area contributed by atoms with Crippen molar-refractivity contribution in [2.24, 2.45) is 5.73 Å². The Morgan fingerprint density at radius 2 is 1.89 bits per heavy atom. The van der Waals surface area contributed by atoms with Crippen molar-refractivity contribution in [1.82, 2.24) is 5.32 Å². The molecular weight excluding hydrogens is 236 g/mol. The monoisotopic (exact) mass is 260 g/mol. The Kier molecular flexibility index (Phi) is 4.97. The molecule has 1 aromatic carbocycles. The molecule has 1 aliphatic carbocycles. The highest BCUT2D eigenvalue weighted by Crippen LogP contribution is 2.32. The number of nitrogens with two attached hydrogens (primary N) is 1. The normalized spacial score (nSPS) is 24.7. The standard InChI is InChI=1S/C16H24N2O/c1-2-15(17)16(19)18-14-10-8-13(9-11-14)12-6-4-3-5-7-12/h3-7,13-15H,2,8-11,17H2,1H3,(H,18,19). The van der Waals surface area contributed by atoms with Crippen LogP contribution in [0.15, 0.2) is 30.3 Å². The van der Waals surface area contributed by atoms with Crippen LogP contribution in [0.25, 0.3) is 0 Å². The predicted molar refractivity (Wildman–Crippen MR) is 77.8 cm³/mol. The molecule has 0 saturated heterocycles. The molecule has 0 aliphatic heterocycles. The second-order valence-electron chi connectivity index (χ2n) is 5.48. The van der Waals surface area contributed by atoms with Crippen LogP contribution in [0, 0.1) is 0 Å². The summed E-state index contributed by atoms with van der Waals surface area (Å²) < 4.78 is 0. The highest BCUT2D eigenvalue weighted by molar-refractivity contribution is 5.81. The lowest BCUT2D eigenvalue weighted by molar-refractivity contribution is -0.123. The first-order valence-electron chi connectivity index (χ1n) is 7.31. The lowest BCUT2D eigenvalue weighted by Gasteiger charge is -2.30. The van der Waals surface area contributed by atoms with E-state index in [-0.39, 0.29) is 11.9 Å². The molecule has 1 aromatic rings. The Hall–Kier alpha value is -1.35. The topological polar surface area (TPSA) is 55.1 Å². The van der Waals surface area contributed by atoms with E-state index in [0.29, 0.717) is 18.4 Å². The van der Waals surface area contributed by atoms with E-state index in [4.69, 9.17) is 5.73 Å². The van der Waals surface area contributed by atoms with Crippen molar-refractivity contribution in [3.05, 3.63) is 35.9 Å². The summed E-state index contributed by atoms with van der Waals surface area (Å²) in [5.41, 5.74) is 7.17. The van der Waals surface area contributed by atoms with Crippen LogP contribution in [-0.4, -0.2) is 18.0 Å². The van der Waals surface area contributed by atoms with Gasteiger partial charge in [0.1, 0.15) is 0 Å². The van der Waals surface area contributed by atoms with E-state index >= 15 is 0 Å². The molecule has 1 amide bonds. The Balaban J connectivity index is 1.81. The Labute approximate surface area is 115 Å². The molecule has 3 N–H and O–H groups in total. The zero-order valence-corrected chi connectivity index (χ0v) is 11.6. The number of rotatable bonds is 4. The minimum atomic E-state index is -0.355. The third kappa shape index (κ3) is 3.80. The van der Waals surface area contributed by atoms with Crippen LogP contribution in [0.2, 0.25) is 0 Å². The molecule has 1 unspecified atom stereocenters. The molecule has 19 heavy (non-hydrogen) atoms. The number of carbonyl (C=O) groups is 1. The Morgan fingerprint density at radius 3 is 2.47 bits per heavy atom. The van der Waals surface area contributed by atoms with Crippen LogP contribution < -0.4 is 11.1 Å². The lowest BCUT2D eigenvalue weighted by Crippen LogP contribution is -2.46. The summed E-state index contributed by atoms with van der Waals surface area (Å²) in [5, 5.41) is 3.08. The van der Waals surface area contributed by atoms with Crippen LogP contribution in [0.3, 0.4) is 0 Å². The summed E-state index contributed by atoms with van der Waals surface area (Å²) >= 11 is 0. The highest BCUT2D eigenvalue weighted by atomic mass is 16.2. The van der Waals surface area contributed by atoms with E-state index < -0.39 is 0 Å². The number of hydrogen-bond donors (Lipinski definition) is 2. The molecule has 0 heterocycles. The molecule has 1 atom stereocenters. The van der Waals surface area contributed by atoms with Crippen molar-refractivity contribution >= 4 is 5.91 Å². The SMILES string of the molecule is CCC(N)C(=O)NC1CCC(c2ccccc2)CC1. The van der Waals surface area contributed by atoms with Gasteiger partial charge in [0.2, 0.25) is 5.91 Å². The minimum absolute atomic E-state index is 0.00524. The van der Waals surface area contributed by atoms with Gasteiger partial charge in [-0.3, -0.25) is 4.79 Å². The first kappa shape index (κ1) is 14.1. The third-order valence-corrected chi connectivity index (χ3v) is 4.12. The van der Waals surface area contributed by atoms with Crippen LogP contribution in [0.1, 0.15) is 50.5 Å². The smallest absolute Gasteiger partial charge is 0.237 e. The van der Waals surface area contributed by atoms with Crippen molar-refractivity contribution in [2.75, 3.05) is 0 Å². The van der Waals surface area contributed by atoms with Crippen LogP contribution >= 0.6 is 0 Å². The molecule has 1 saturated carbocycles. The first-order valence-corrected chi connectivity index (χ1v) is 7.31. The summed E-state index contributed by atoms with van der Waals surface area (Å²) in [6.07, 6.45) is 5.11. The van der Waals surface area contributed by atoms with Crippen molar-refractivity contribution < 1.29 is 4.79 Å². The lowest BCUT2D eigenvalue weighted by atomic mass is 9.81. The molecule has 3 heteroatoms. The average molecular weight is 260 g/mol. The van der Waals surface area contributed by atoms with Crippen molar-refractivity contribution in [3.63, 3.8) is 0 Å². The summed E-state index contributed by atoms with van der Waals surface area (Å²) in [7, 11) is 0.